The molecule has 0 spiro atoms. The molecule has 0 aromatic carbocycles. The first-order chi connectivity index (χ1) is 11.0. The third-order valence-corrected chi connectivity index (χ3v) is 4.61. The van der Waals surface area contributed by atoms with Crippen molar-refractivity contribution in [1.29, 1.82) is 0 Å². The highest BCUT2D eigenvalue weighted by atomic mass is 16.6. The summed E-state index contributed by atoms with van der Waals surface area (Å²) in [7, 11) is 0. The van der Waals surface area contributed by atoms with Crippen molar-refractivity contribution < 1.29 is 9.47 Å². The lowest BCUT2D eigenvalue weighted by Gasteiger charge is -2.46. The molecule has 0 aromatic heterocycles. The second-order valence-electron chi connectivity index (χ2n) is 9.26. The molecular formula is C22H46O2. The van der Waals surface area contributed by atoms with Crippen molar-refractivity contribution in [2.75, 3.05) is 0 Å². The van der Waals surface area contributed by atoms with Crippen molar-refractivity contribution in [2.24, 2.45) is 0 Å². The Labute approximate surface area is 153 Å². The van der Waals surface area contributed by atoms with Crippen LogP contribution in [-0.2, 0) is 9.47 Å². The van der Waals surface area contributed by atoms with Gasteiger partial charge in [0.25, 0.3) is 0 Å². The number of ether oxygens (including phenoxy) is 2. The smallest absolute Gasteiger partial charge is 0.0945 e. The van der Waals surface area contributed by atoms with Crippen LogP contribution in [0.25, 0.3) is 0 Å². The molecule has 1 unspecified atom stereocenters. The molecule has 146 valence electrons. The van der Waals surface area contributed by atoms with Crippen LogP contribution in [0.4, 0.5) is 0 Å². The Bertz CT molecular complexity index is 305. The Morgan fingerprint density at radius 3 is 1.58 bits per heavy atom. The first-order valence-electron chi connectivity index (χ1n) is 10.4. The van der Waals surface area contributed by atoms with Crippen LogP contribution in [0.3, 0.4) is 0 Å². The van der Waals surface area contributed by atoms with Gasteiger partial charge in [-0.1, -0.05) is 59.3 Å². The molecule has 0 amide bonds. The van der Waals surface area contributed by atoms with E-state index in [1.807, 2.05) is 0 Å². The lowest BCUT2D eigenvalue weighted by Crippen LogP contribution is -2.51. The molecule has 0 aromatic rings. The van der Waals surface area contributed by atoms with E-state index in [0.29, 0.717) is 0 Å². The molecule has 0 aliphatic rings. The molecule has 0 aliphatic carbocycles. The molecule has 0 fully saturated rings. The molecule has 2 nitrogen and oxygen atoms in total. The van der Waals surface area contributed by atoms with Gasteiger partial charge in [-0.15, -0.1) is 0 Å². The third-order valence-electron chi connectivity index (χ3n) is 4.61. The summed E-state index contributed by atoms with van der Waals surface area (Å²) in [6.45, 7) is 19.7. The fraction of sp³-hybridized carbons (Fsp3) is 1.00. The minimum absolute atomic E-state index is 0.135. The van der Waals surface area contributed by atoms with Crippen LogP contribution in [-0.4, -0.2) is 22.9 Å². The highest BCUT2D eigenvalue weighted by Crippen LogP contribution is 2.36. The molecular weight excluding hydrogens is 296 g/mol. The molecule has 0 N–H and O–H groups in total. The zero-order chi connectivity index (χ0) is 18.9. The van der Waals surface area contributed by atoms with Crippen LogP contribution in [0.15, 0.2) is 0 Å². The van der Waals surface area contributed by atoms with Gasteiger partial charge in [-0.25, -0.2) is 0 Å². The number of hydrogen-bond acceptors (Lipinski definition) is 2. The molecule has 0 saturated carbocycles. The number of rotatable bonds is 12. The van der Waals surface area contributed by atoms with Gasteiger partial charge >= 0.3 is 0 Å². The van der Waals surface area contributed by atoms with Gasteiger partial charge in [0.05, 0.1) is 22.9 Å². The van der Waals surface area contributed by atoms with Crippen molar-refractivity contribution in [3.8, 4) is 0 Å². The van der Waals surface area contributed by atoms with Crippen molar-refractivity contribution in [1.82, 2.24) is 0 Å². The maximum absolute atomic E-state index is 6.60. The zero-order valence-electron chi connectivity index (χ0n) is 18.3. The molecule has 0 rings (SSSR count). The first-order valence-corrected chi connectivity index (χ1v) is 10.4. The maximum atomic E-state index is 6.60. The average molecular weight is 343 g/mol. The van der Waals surface area contributed by atoms with E-state index >= 15 is 0 Å². The van der Waals surface area contributed by atoms with Gasteiger partial charge in [-0.05, 0) is 60.8 Å². The van der Waals surface area contributed by atoms with Crippen LogP contribution >= 0.6 is 0 Å². The fourth-order valence-electron chi connectivity index (χ4n) is 3.49. The van der Waals surface area contributed by atoms with Gasteiger partial charge in [-0.2, -0.15) is 0 Å². The highest BCUT2D eigenvalue weighted by Gasteiger charge is 2.42. The van der Waals surface area contributed by atoms with Gasteiger partial charge in [-0.3, -0.25) is 0 Å². The summed E-state index contributed by atoms with van der Waals surface area (Å²) in [5, 5.41) is 0. The van der Waals surface area contributed by atoms with Gasteiger partial charge in [0.2, 0.25) is 0 Å². The summed E-state index contributed by atoms with van der Waals surface area (Å²) in [5.41, 5.74) is -0.467. The highest BCUT2D eigenvalue weighted by molar-refractivity contribution is 4.91. The number of hydrogen-bond donors (Lipinski definition) is 0. The molecule has 0 radical (unpaired) electrons. The van der Waals surface area contributed by atoms with E-state index in [2.05, 4.69) is 62.3 Å². The lowest BCUT2D eigenvalue weighted by atomic mass is 9.85. The maximum Gasteiger partial charge on any atom is 0.0945 e. The molecule has 0 saturated heterocycles. The topological polar surface area (TPSA) is 18.5 Å². The second kappa shape index (κ2) is 10.8. The van der Waals surface area contributed by atoms with Crippen LogP contribution in [0, 0.1) is 0 Å². The summed E-state index contributed by atoms with van der Waals surface area (Å²) < 4.78 is 13.1. The largest absolute Gasteiger partial charge is 0.370 e. The van der Waals surface area contributed by atoms with Gasteiger partial charge in [0.15, 0.2) is 0 Å². The minimum atomic E-state index is -0.186. The summed E-state index contributed by atoms with van der Waals surface area (Å²) in [5.74, 6) is 0. The van der Waals surface area contributed by atoms with Crippen LogP contribution in [0.2, 0.25) is 0 Å². The monoisotopic (exact) mass is 342 g/mol. The summed E-state index contributed by atoms with van der Waals surface area (Å²) in [6.07, 6.45) is 11.2. The van der Waals surface area contributed by atoms with E-state index in [9.17, 15) is 0 Å². The Morgan fingerprint density at radius 2 is 1.17 bits per heavy atom. The van der Waals surface area contributed by atoms with Crippen LogP contribution in [0.1, 0.15) is 120 Å². The van der Waals surface area contributed by atoms with Gasteiger partial charge in [0, 0.05) is 0 Å². The van der Waals surface area contributed by atoms with Crippen LogP contribution < -0.4 is 0 Å². The van der Waals surface area contributed by atoms with Gasteiger partial charge < -0.3 is 9.47 Å². The van der Waals surface area contributed by atoms with Crippen molar-refractivity contribution in [2.45, 2.75) is 143 Å². The average Bonchev–Trinajstić information content (AvgIpc) is 2.45. The molecule has 0 bridgehead atoms. The predicted molar refractivity (Wildman–Crippen MR) is 107 cm³/mol. The Morgan fingerprint density at radius 1 is 0.667 bits per heavy atom. The fourth-order valence-corrected chi connectivity index (χ4v) is 3.49. The van der Waals surface area contributed by atoms with E-state index in [-0.39, 0.29) is 22.9 Å². The van der Waals surface area contributed by atoms with E-state index in [0.717, 1.165) is 19.3 Å². The van der Waals surface area contributed by atoms with Crippen molar-refractivity contribution in [3.05, 3.63) is 0 Å². The zero-order valence-corrected chi connectivity index (χ0v) is 18.3. The lowest BCUT2D eigenvalue weighted by molar-refractivity contribution is -0.225. The molecule has 24 heavy (non-hydrogen) atoms. The predicted octanol–water partition coefficient (Wildman–Crippen LogP) is 7.29. The summed E-state index contributed by atoms with van der Waals surface area (Å²) >= 11 is 0. The summed E-state index contributed by atoms with van der Waals surface area (Å²) in [6, 6.07) is 0. The molecule has 0 aliphatic heterocycles. The Balaban J connectivity index is 4.98. The van der Waals surface area contributed by atoms with E-state index in [1.54, 1.807) is 0 Å². The molecule has 1 atom stereocenters. The van der Waals surface area contributed by atoms with E-state index in [4.69, 9.17) is 9.47 Å². The van der Waals surface area contributed by atoms with Crippen LogP contribution in [0.5, 0.6) is 0 Å². The first kappa shape index (κ1) is 23.9. The van der Waals surface area contributed by atoms with E-state index < -0.39 is 0 Å². The Kier molecular flexibility index (Phi) is 10.8. The number of unbranched alkanes of at least 4 members (excludes halogenated alkanes) is 5. The second-order valence-corrected chi connectivity index (χ2v) is 9.26. The minimum Gasteiger partial charge on any atom is -0.370 e. The quantitative estimate of drug-likeness (QED) is 0.346. The van der Waals surface area contributed by atoms with Crippen molar-refractivity contribution in [3.63, 3.8) is 0 Å². The molecule has 0 heterocycles. The normalized spacial score (nSPS) is 14.9. The van der Waals surface area contributed by atoms with Crippen molar-refractivity contribution >= 4 is 0 Å². The van der Waals surface area contributed by atoms with E-state index in [1.165, 1.54) is 38.5 Å². The third kappa shape index (κ3) is 10.0. The summed E-state index contributed by atoms with van der Waals surface area (Å²) in [4.78, 5) is 0. The molecule has 2 heteroatoms. The Hall–Kier alpha value is -0.0800. The van der Waals surface area contributed by atoms with Gasteiger partial charge in [0.1, 0.15) is 0 Å². The standard InChI is InChI=1S/C22H46O2/c1-10-13-14-15-16-17-18-19(23-20(4,5)6)22(11-2,12-3)24-21(7,8)9/h19H,10-18H2,1-9H3. The SMILES string of the molecule is CCCCCCCCC(OC(C)(C)C)C(CC)(CC)OC(C)(C)C.